The summed E-state index contributed by atoms with van der Waals surface area (Å²) in [6.07, 6.45) is 7.24. The van der Waals surface area contributed by atoms with Gasteiger partial charge in [0.15, 0.2) is 0 Å². The van der Waals surface area contributed by atoms with Gasteiger partial charge in [-0.3, -0.25) is 14.5 Å². The maximum absolute atomic E-state index is 13.7. The molecule has 1 aliphatic rings. The molecule has 3 aromatic heterocycles. The molecule has 41 heavy (non-hydrogen) atoms. The molecular weight excluding hydrogens is 536 g/mol. The van der Waals surface area contributed by atoms with Crippen LogP contribution in [-0.2, 0) is 0 Å². The van der Waals surface area contributed by atoms with Crippen molar-refractivity contribution in [2.75, 3.05) is 13.1 Å². The monoisotopic (exact) mass is 562 g/mol. The Labute approximate surface area is 240 Å². The summed E-state index contributed by atoms with van der Waals surface area (Å²) < 4.78 is 3.28. The molecule has 9 heteroatoms. The van der Waals surface area contributed by atoms with Crippen LogP contribution < -0.4 is 16.6 Å². The van der Waals surface area contributed by atoms with Crippen LogP contribution in [0.1, 0.15) is 24.6 Å². The third-order valence-electron chi connectivity index (χ3n) is 8.08. The van der Waals surface area contributed by atoms with Gasteiger partial charge in [-0.2, -0.15) is 5.10 Å². The molecule has 4 heterocycles. The zero-order valence-electron chi connectivity index (χ0n) is 22.4. The molecule has 0 spiro atoms. The number of hydrogen-bond acceptors (Lipinski definition) is 5. The molecule has 0 unspecified atom stereocenters. The Morgan fingerprint density at radius 1 is 0.902 bits per heavy atom. The number of halogens is 1. The van der Waals surface area contributed by atoms with Crippen molar-refractivity contribution < 1.29 is 0 Å². The van der Waals surface area contributed by atoms with E-state index in [1.165, 1.54) is 0 Å². The van der Waals surface area contributed by atoms with Gasteiger partial charge in [-0.05, 0) is 62.2 Å². The summed E-state index contributed by atoms with van der Waals surface area (Å²) in [7, 11) is 0. The van der Waals surface area contributed by atoms with Crippen molar-refractivity contribution in [3.8, 4) is 27.9 Å². The fraction of sp³-hybridized carbons (Fsp3) is 0.188. The van der Waals surface area contributed by atoms with E-state index in [1.54, 1.807) is 18.5 Å². The van der Waals surface area contributed by atoms with E-state index in [0.29, 0.717) is 27.7 Å². The molecule has 0 amide bonds. The number of aromatic nitrogens is 5. The molecule has 0 saturated carbocycles. The molecule has 1 saturated heterocycles. The molecule has 2 N–H and O–H groups in total. The molecular formula is C32H27ClN6O2. The van der Waals surface area contributed by atoms with Gasteiger partial charge in [-0.25, -0.2) is 9.36 Å². The zero-order valence-corrected chi connectivity index (χ0v) is 23.2. The Hall–Kier alpha value is -4.53. The Bertz CT molecular complexity index is 2060. The van der Waals surface area contributed by atoms with Crippen LogP contribution in [0.25, 0.3) is 49.6 Å². The average Bonchev–Trinajstić information content (AvgIpc) is 3.38. The third-order valence-corrected chi connectivity index (χ3v) is 8.39. The van der Waals surface area contributed by atoms with E-state index in [2.05, 4.69) is 26.9 Å². The summed E-state index contributed by atoms with van der Waals surface area (Å²) in [5.74, 6) is 0. The molecule has 6 aromatic rings. The Balaban J connectivity index is 1.36. The lowest BCUT2D eigenvalue weighted by Gasteiger charge is -2.24. The van der Waals surface area contributed by atoms with Crippen molar-refractivity contribution in [3.05, 3.63) is 111 Å². The van der Waals surface area contributed by atoms with Crippen LogP contribution in [0.4, 0.5) is 0 Å². The van der Waals surface area contributed by atoms with E-state index in [0.717, 1.165) is 69.2 Å². The van der Waals surface area contributed by atoms with Crippen molar-refractivity contribution >= 4 is 33.3 Å². The van der Waals surface area contributed by atoms with Crippen LogP contribution in [0.15, 0.2) is 88.8 Å². The summed E-state index contributed by atoms with van der Waals surface area (Å²) in [5, 5.41) is 10.8. The van der Waals surface area contributed by atoms with Gasteiger partial charge in [0, 0.05) is 38.8 Å². The second-order valence-corrected chi connectivity index (χ2v) is 10.8. The lowest BCUT2D eigenvalue weighted by Crippen LogP contribution is -2.33. The smallest absolute Gasteiger partial charge is 0.317 e. The Kier molecular flexibility index (Phi) is 6.29. The normalized spacial score (nSPS) is 14.2. The number of hydrogen-bond donors (Lipinski definition) is 2. The number of benzene rings is 3. The maximum atomic E-state index is 13.7. The minimum Gasteiger partial charge on any atom is -0.317 e. The Morgan fingerprint density at radius 2 is 1.73 bits per heavy atom. The number of nitrogens with one attached hydrogen (secondary N) is 2. The van der Waals surface area contributed by atoms with Gasteiger partial charge >= 0.3 is 5.69 Å². The van der Waals surface area contributed by atoms with E-state index in [1.807, 2.05) is 60.8 Å². The molecule has 1 fully saturated rings. The second-order valence-electron chi connectivity index (χ2n) is 10.4. The largest absolute Gasteiger partial charge is 0.333 e. The summed E-state index contributed by atoms with van der Waals surface area (Å²) in [4.78, 5) is 34.2. The summed E-state index contributed by atoms with van der Waals surface area (Å²) >= 11 is 6.82. The molecule has 204 valence electrons. The predicted molar refractivity (Wildman–Crippen MR) is 163 cm³/mol. The summed E-state index contributed by atoms with van der Waals surface area (Å²) in [6, 6.07) is 19.2. The first-order valence-corrected chi connectivity index (χ1v) is 14.1. The first kappa shape index (κ1) is 25.4. The highest BCUT2D eigenvalue weighted by Gasteiger charge is 2.22. The summed E-state index contributed by atoms with van der Waals surface area (Å²) in [6.45, 7) is 4.06. The minimum absolute atomic E-state index is 0.359. The van der Waals surface area contributed by atoms with Crippen LogP contribution in [0.5, 0.6) is 0 Å². The van der Waals surface area contributed by atoms with Crippen LogP contribution in [-0.4, -0.2) is 37.4 Å². The van der Waals surface area contributed by atoms with Crippen LogP contribution in [0.3, 0.4) is 0 Å². The molecule has 0 aliphatic carbocycles. The first-order chi connectivity index (χ1) is 20.0. The minimum atomic E-state index is -0.531. The highest BCUT2D eigenvalue weighted by molar-refractivity contribution is 6.34. The first-order valence-electron chi connectivity index (χ1n) is 13.7. The lowest BCUT2D eigenvalue weighted by molar-refractivity contribution is 0.338. The molecule has 7 rings (SSSR count). The van der Waals surface area contributed by atoms with Gasteiger partial charge in [0.05, 0.1) is 35.0 Å². The van der Waals surface area contributed by atoms with Crippen molar-refractivity contribution in [1.29, 1.82) is 0 Å². The number of pyridine rings is 1. The van der Waals surface area contributed by atoms with Crippen molar-refractivity contribution in [2.24, 2.45) is 0 Å². The van der Waals surface area contributed by atoms with E-state index in [4.69, 9.17) is 16.7 Å². The number of piperidine rings is 1. The van der Waals surface area contributed by atoms with Crippen molar-refractivity contribution in [2.45, 2.75) is 25.8 Å². The van der Waals surface area contributed by atoms with Crippen LogP contribution in [0.2, 0.25) is 5.02 Å². The van der Waals surface area contributed by atoms with Crippen LogP contribution >= 0.6 is 11.6 Å². The van der Waals surface area contributed by atoms with E-state index in [-0.39, 0.29) is 0 Å². The lowest BCUT2D eigenvalue weighted by atomic mass is 9.94. The SMILES string of the molecule is Cc1c(-c2cccc(Cl)c2-c2ccc3c(=O)n(-c4cncc5ccccc45)c(=O)[nH]c3c2)cnn1C1CCNCC1. The maximum Gasteiger partial charge on any atom is 0.333 e. The quantitative estimate of drug-likeness (QED) is 0.290. The number of fused-ring (bicyclic) bond motifs is 2. The fourth-order valence-corrected chi connectivity index (χ4v) is 6.30. The zero-order chi connectivity index (χ0) is 28.1. The standard InChI is InChI=1S/C32H27ClN6O2/c1-19-26(17-36-39(19)22-11-13-34-14-12-22)24-7-4-8-27(33)30(24)20-9-10-25-28(15-20)37-32(41)38(31(25)40)29-18-35-16-21-5-2-3-6-23(21)29/h2-10,15-18,22,34H,11-14H2,1H3,(H,37,41). The highest BCUT2D eigenvalue weighted by atomic mass is 35.5. The molecule has 3 aromatic carbocycles. The van der Waals surface area contributed by atoms with Gasteiger partial charge in [0.25, 0.3) is 5.56 Å². The van der Waals surface area contributed by atoms with Crippen LogP contribution in [0, 0.1) is 6.92 Å². The Morgan fingerprint density at radius 3 is 2.59 bits per heavy atom. The van der Waals surface area contributed by atoms with Gasteiger partial charge in [-0.1, -0.05) is 54.1 Å². The number of H-pyrrole nitrogens is 1. The third kappa shape index (κ3) is 4.27. The topological polar surface area (TPSA) is 97.6 Å². The molecule has 0 atom stereocenters. The number of nitrogens with zero attached hydrogens (tertiary/aromatic N) is 4. The molecule has 1 aliphatic heterocycles. The van der Waals surface area contributed by atoms with Gasteiger partial charge in [0.2, 0.25) is 0 Å². The van der Waals surface area contributed by atoms with Gasteiger partial charge in [-0.15, -0.1) is 0 Å². The van der Waals surface area contributed by atoms with Gasteiger partial charge in [0.1, 0.15) is 0 Å². The molecule has 8 nitrogen and oxygen atoms in total. The number of aromatic amines is 1. The fourth-order valence-electron chi connectivity index (χ4n) is 6.02. The molecule has 0 radical (unpaired) electrons. The summed E-state index contributed by atoms with van der Waals surface area (Å²) in [5.41, 5.74) is 4.61. The van der Waals surface area contributed by atoms with Gasteiger partial charge < -0.3 is 10.3 Å². The number of rotatable bonds is 4. The van der Waals surface area contributed by atoms with E-state index >= 15 is 0 Å². The average molecular weight is 563 g/mol. The molecule has 0 bridgehead atoms. The van der Waals surface area contributed by atoms with Crippen molar-refractivity contribution in [3.63, 3.8) is 0 Å². The van der Waals surface area contributed by atoms with E-state index in [9.17, 15) is 9.59 Å². The second kappa shape index (κ2) is 10.1. The predicted octanol–water partition coefficient (Wildman–Crippen LogP) is 5.64. The van der Waals surface area contributed by atoms with Crippen molar-refractivity contribution in [1.82, 2.24) is 29.6 Å². The highest BCUT2D eigenvalue weighted by Crippen LogP contribution is 2.40. The van der Waals surface area contributed by atoms with E-state index < -0.39 is 11.2 Å².